The lowest BCUT2D eigenvalue weighted by Gasteiger charge is -2.23. The van der Waals surface area contributed by atoms with Gasteiger partial charge in [0.15, 0.2) is 11.6 Å². The van der Waals surface area contributed by atoms with Crippen LogP contribution in [-0.2, 0) is 0 Å². The van der Waals surface area contributed by atoms with Crippen molar-refractivity contribution < 1.29 is 14.0 Å². The van der Waals surface area contributed by atoms with Crippen LogP contribution in [0.25, 0.3) is 5.52 Å². The predicted molar refractivity (Wildman–Crippen MR) is 103 cm³/mol. The van der Waals surface area contributed by atoms with Gasteiger partial charge in [0.2, 0.25) is 0 Å². The first-order chi connectivity index (χ1) is 12.8. The van der Waals surface area contributed by atoms with E-state index in [0.29, 0.717) is 23.5 Å². The van der Waals surface area contributed by atoms with Gasteiger partial charge < -0.3 is 21.2 Å². The molecule has 3 aromatic rings. The minimum absolute atomic E-state index is 0.0790. The number of fused-ring (bicyclic) bond motifs is 1. The molecule has 142 valence electrons. The first-order valence-corrected chi connectivity index (χ1v) is 9.09. The highest BCUT2D eigenvalue weighted by Gasteiger charge is 2.26. The molecule has 3 heterocycles. The molecule has 0 bridgehead atoms. The van der Waals surface area contributed by atoms with Gasteiger partial charge in [-0.2, -0.15) is 5.10 Å². The Balaban J connectivity index is 1.98. The number of hydrogen-bond acceptors (Lipinski definition) is 6. The van der Waals surface area contributed by atoms with E-state index < -0.39 is 11.8 Å². The minimum atomic E-state index is -0.648. The number of carbonyl (C=O) groups is 2. The van der Waals surface area contributed by atoms with E-state index in [-0.39, 0.29) is 23.2 Å². The molecular weight excluding hydrogens is 416 g/mol. The van der Waals surface area contributed by atoms with Crippen LogP contribution < -0.4 is 16.8 Å². The monoisotopic (exact) mass is 434 g/mol. The zero-order chi connectivity index (χ0) is 19.7. The Morgan fingerprint density at radius 2 is 2.11 bits per heavy atom. The van der Waals surface area contributed by atoms with Crippen LogP contribution >= 0.6 is 15.9 Å². The van der Waals surface area contributed by atoms with Crippen molar-refractivity contribution >= 4 is 38.9 Å². The molecule has 3 aromatic heterocycles. The molecule has 3 rings (SSSR count). The third kappa shape index (κ3) is 3.65. The van der Waals surface area contributed by atoms with Gasteiger partial charge in [-0.25, -0.2) is 9.50 Å². The zero-order valence-electron chi connectivity index (χ0n) is 14.8. The van der Waals surface area contributed by atoms with Gasteiger partial charge in [0, 0.05) is 16.7 Å². The molecule has 0 spiro atoms. The van der Waals surface area contributed by atoms with Gasteiger partial charge in [-0.3, -0.25) is 9.59 Å². The molecule has 0 radical (unpaired) electrons. The van der Waals surface area contributed by atoms with Crippen LogP contribution in [0.1, 0.15) is 52.9 Å². The van der Waals surface area contributed by atoms with E-state index in [1.54, 1.807) is 10.7 Å². The van der Waals surface area contributed by atoms with Crippen molar-refractivity contribution in [3.8, 4) is 0 Å². The van der Waals surface area contributed by atoms with Crippen molar-refractivity contribution in [3.05, 3.63) is 46.3 Å². The van der Waals surface area contributed by atoms with E-state index in [4.69, 9.17) is 15.9 Å². The summed E-state index contributed by atoms with van der Waals surface area (Å²) in [6.07, 6.45) is 5.14. The number of aromatic nitrogens is 3. The Hall–Kier alpha value is -2.88. The fraction of sp³-hybridized carbons (Fsp3) is 0.294. The summed E-state index contributed by atoms with van der Waals surface area (Å²) in [5, 5.41) is 7.54. The van der Waals surface area contributed by atoms with Crippen LogP contribution in [0.4, 0.5) is 5.69 Å². The number of carbonyl (C=O) groups excluding carboxylic acids is 2. The van der Waals surface area contributed by atoms with E-state index in [1.807, 2.05) is 19.9 Å². The van der Waals surface area contributed by atoms with E-state index >= 15 is 0 Å². The molecule has 2 amide bonds. The normalized spacial score (nSPS) is 13.4. The van der Waals surface area contributed by atoms with Crippen LogP contribution in [0.2, 0.25) is 0 Å². The van der Waals surface area contributed by atoms with Gasteiger partial charge in [-0.1, -0.05) is 6.92 Å². The first-order valence-electron chi connectivity index (χ1n) is 8.30. The Morgan fingerprint density at radius 3 is 2.70 bits per heavy atom. The number of rotatable bonds is 7. The molecule has 9 nitrogen and oxygen atoms in total. The summed E-state index contributed by atoms with van der Waals surface area (Å²) in [6.45, 7) is 3.91. The van der Waals surface area contributed by atoms with Crippen molar-refractivity contribution in [3.63, 3.8) is 0 Å². The SMILES string of the molecule is CC[C@@H](c1nc(C(N)=O)co1)[C@@H](C)Nc1c(C(N)=O)cnn2cc(Br)cc12. The highest BCUT2D eigenvalue weighted by molar-refractivity contribution is 9.10. The van der Waals surface area contributed by atoms with Crippen molar-refractivity contribution in [2.75, 3.05) is 5.32 Å². The number of oxazole rings is 1. The second kappa shape index (κ2) is 7.39. The average Bonchev–Trinajstić information content (AvgIpc) is 3.22. The molecule has 0 aliphatic carbocycles. The van der Waals surface area contributed by atoms with Gasteiger partial charge >= 0.3 is 0 Å². The third-order valence-corrected chi connectivity index (χ3v) is 4.81. The Kier molecular flexibility index (Phi) is 5.17. The molecule has 0 aromatic carbocycles. The summed E-state index contributed by atoms with van der Waals surface area (Å²) in [5.74, 6) is -0.999. The lowest BCUT2D eigenvalue weighted by atomic mass is 9.97. The smallest absolute Gasteiger partial charge is 0.270 e. The van der Waals surface area contributed by atoms with Crippen LogP contribution in [0.5, 0.6) is 0 Å². The van der Waals surface area contributed by atoms with Crippen molar-refractivity contribution in [2.45, 2.75) is 32.2 Å². The largest absolute Gasteiger partial charge is 0.448 e. The Labute approximate surface area is 163 Å². The third-order valence-electron chi connectivity index (χ3n) is 4.38. The highest BCUT2D eigenvalue weighted by Crippen LogP contribution is 2.30. The van der Waals surface area contributed by atoms with E-state index in [9.17, 15) is 9.59 Å². The van der Waals surface area contributed by atoms with Crippen molar-refractivity contribution in [1.29, 1.82) is 0 Å². The molecular formula is C17H19BrN6O3. The van der Waals surface area contributed by atoms with E-state index in [2.05, 4.69) is 31.3 Å². The summed E-state index contributed by atoms with van der Waals surface area (Å²) in [6, 6.07) is 1.65. The molecule has 0 saturated heterocycles. The van der Waals surface area contributed by atoms with E-state index in [0.717, 1.165) is 4.47 Å². The van der Waals surface area contributed by atoms with Crippen molar-refractivity contribution in [2.24, 2.45) is 11.5 Å². The Morgan fingerprint density at radius 1 is 1.37 bits per heavy atom. The molecule has 0 saturated carbocycles. The fourth-order valence-electron chi connectivity index (χ4n) is 3.00. The summed E-state index contributed by atoms with van der Waals surface area (Å²) in [5.41, 5.74) is 12.4. The minimum Gasteiger partial charge on any atom is -0.448 e. The summed E-state index contributed by atoms with van der Waals surface area (Å²) in [7, 11) is 0. The predicted octanol–water partition coefficient (Wildman–Crippen LogP) is 2.28. The number of primary amides is 2. The number of halogens is 1. The fourth-order valence-corrected chi connectivity index (χ4v) is 3.42. The molecule has 10 heteroatoms. The lowest BCUT2D eigenvalue weighted by Crippen LogP contribution is -2.27. The number of hydrogen-bond donors (Lipinski definition) is 3. The van der Waals surface area contributed by atoms with Gasteiger partial charge in [0.05, 0.1) is 28.9 Å². The van der Waals surface area contributed by atoms with Crippen LogP contribution in [0, 0.1) is 0 Å². The number of amides is 2. The van der Waals surface area contributed by atoms with Crippen LogP contribution in [0.15, 0.2) is 33.6 Å². The van der Waals surface area contributed by atoms with Gasteiger partial charge in [-0.05, 0) is 35.3 Å². The first kappa shape index (κ1) is 18.9. The van der Waals surface area contributed by atoms with Gasteiger partial charge in [0.25, 0.3) is 11.8 Å². The second-order valence-corrected chi connectivity index (χ2v) is 7.08. The molecule has 27 heavy (non-hydrogen) atoms. The quantitative estimate of drug-likeness (QED) is 0.520. The van der Waals surface area contributed by atoms with Gasteiger partial charge in [-0.15, -0.1) is 0 Å². The average molecular weight is 435 g/mol. The maximum atomic E-state index is 11.9. The lowest BCUT2D eigenvalue weighted by molar-refractivity contribution is 0.0989. The topological polar surface area (TPSA) is 142 Å². The van der Waals surface area contributed by atoms with E-state index in [1.165, 1.54) is 12.5 Å². The highest BCUT2D eigenvalue weighted by atomic mass is 79.9. The number of nitrogens with two attached hydrogens (primary N) is 2. The summed E-state index contributed by atoms with van der Waals surface area (Å²) >= 11 is 3.41. The standard InChI is InChI=1S/C17H19BrN6O3/c1-3-10(17-23-12(7-27-17)16(20)26)8(2)22-14-11(15(19)25)5-21-24-6-9(18)4-13(14)24/h4-8,10,22H,3H2,1-2H3,(H2,19,25)(H2,20,26)/t8-,10-/m1/s1. The number of anilines is 1. The molecule has 0 unspecified atom stereocenters. The van der Waals surface area contributed by atoms with Crippen molar-refractivity contribution in [1.82, 2.24) is 14.6 Å². The maximum Gasteiger partial charge on any atom is 0.270 e. The molecule has 0 fully saturated rings. The van der Waals surface area contributed by atoms with Crippen LogP contribution in [0.3, 0.4) is 0 Å². The zero-order valence-corrected chi connectivity index (χ0v) is 16.4. The number of nitrogens with one attached hydrogen (secondary N) is 1. The molecule has 0 aliphatic heterocycles. The second-order valence-electron chi connectivity index (χ2n) is 6.17. The van der Waals surface area contributed by atoms with Gasteiger partial charge in [0.1, 0.15) is 6.26 Å². The molecule has 5 N–H and O–H groups in total. The van der Waals surface area contributed by atoms with Crippen LogP contribution in [-0.4, -0.2) is 32.5 Å². The molecule has 0 aliphatic rings. The number of nitrogens with zero attached hydrogens (tertiary/aromatic N) is 3. The Bertz CT molecular complexity index is 1010. The molecule has 2 atom stereocenters. The summed E-state index contributed by atoms with van der Waals surface area (Å²) < 4.78 is 7.90. The summed E-state index contributed by atoms with van der Waals surface area (Å²) in [4.78, 5) is 27.3. The maximum absolute atomic E-state index is 11.9.